The molecule has 0 unspecified atom stereocenters. The number of pyridine rings is 1. The van der Waals surface area contributed by atoms with Crippen molar-refractivity contribution in [2.75, 3.05) is 38.2 Å². The summed E-state index contributed by atoms with van der Waals surface area (Å²) in [7, 11) is 0. The first-order valence-corrected chi connectivity index (χ1v) is 10.4. The second kappa shape index (κ2) is 9.69. The number of nitrogens with zero attached hydrogens (tertiary/aromatic N) is 4. The number of ether oxygens (including phenoxy) is 1. The van der Waals surface area contributed by atoms with E-state index in [1.165, 1.54) is 11.8 Å². The molecule has 1 N–H and O–H groups in total. The second-order valence-electron chi connectivity index (χ2n) is 6.67. The van der Waals surface area contributed by atoms with Gasteiger partial charge in [0.05, 0.1) is 37.2 Å². The Kier molecular flexibility index (Phi) is 6.56. The average Bonchev–Trinajstić information content (AvgIpc) is 3.21. The third-order valence-electron chi connectivity index (χ3n) is 4.61. The molecule has 1 amide bonds. The highest BCUT2D eigenvalue weighted by atomic mass is 32.2. The summed E-state index contributed by atoms with van der Waals surface area (Å²) in [6, 6.07) is 13.5. The van der Waals surface area contributed by atoms with Gasteiger partial charge in [-0.05, 0) is 24.3 Å². The van der Waals surface area contributed by atoms with Gasteiger partial charge in [0.1, 0.15) is 5.03 Å². The third-order valence-corrected chi connectivity index (χ3v) is 5.64. The molecule has 1 saturated heterocycles. The van der Waals surface area contributed by atoms with Crippen LogP contribution in [0.25, 0.3) is 0 Å². The predicted molar refractivity (Wildman–Crippen MR) is 112 cm³/mol. The standard InChI is InChI=1S/C21H23N5O2S/c27-20(19-7-4-8-22-21(19)29-18-5-2-1-3-6-18)24-17-15-23-26(16-17)10-9-25-11-13-28-14-12-25/h1-8,15-16H,9-14H2,(H,24,27). The Morgan fingerprint density at radius 1 is 1.10 bits per heavy atom. The van der Waals surface area contributed by atoms with E-state index in [-0.39, 0.29) is 5.91 Å². The molecule has 1 aliphatic rings. The van der Waals surface area contributed by atoms with Crippen LogP contribution in [0.15, 0.2) is 71.0 Å². The lowest BCUT2D eigenvalue weighted by molar-refractivity contribution is 0.0360. The number of carbonyl (C=O) groups excluding carboxylic acids is 1. The highest BCUT2D eigenvalue weighted by Gasteiger charge is 2.15. The van der Waals surface area contributed by atoms with Crippen LogP contribution >= 0.6 is 11.8 Å². The molecular weight excluding hydrogens is 386 g/mol. The molecule has 0 bridgehead atoms. The number of aromatic nitrogens is 3. The summed E-state index contributed by atoms with van der Waals surface area (Å²) in [6.45, 7) is 5.17. The van der Waals surface area contributed by atoms with E-state index < -0.39 is 0 Å². The van der Waals surface area contributed by atoms with Gasteiger partial charge < -0.3 is 10.1 Å². The Balaban J connectivity index is 1.38. The van der Waals surface area contributed by atoms with E-state index in [1.807, 2.05) is 41.2 Å². The molecule has 0 atom stereocenters. The van der Waals surface area contributed by atoms with Crippen molar-refractivity contribution in [1.29, 1.82) is 0 Å². The Hall–Kier alpha value is -2.68. The van der Waals surface area contributed by atoms with Crippen LogP contribution in [0.3, 0.4) is 0 Å². The molecule has 150 valence electrons. The smallest absolute Gasteiger partial charge is 0.258 e. The molecule has 1 aliphatic heterocycles. The fourth-order valence-corrected chi connectivity index (χ4v) is 3.96. The van der Waals surface area contributed by atoms with Crippen LogP contribution in [-0.2, 0) is 11.3 Å². The molecule has 3 aromatic rings. The summed E-state index contributed by atoms with van der Waals surface area (Å²) in [6.07, 6.45) is 5.24. The topological polar surface area (TPSA) is 72.3 Å². The summed E-state index contributed by atoms with van der Waals surface area (Å²) in [5, 5.41) is 7.97. The van der Waals surface area contributed by atoms with Gasteiger partial charge in [0.25, 0.3) is 5.91 Å². The zero-order valence-electron chi connectivity index (χ0n) is 16.0. The van der Waals surface area contributed by atoms with E-state index >= 15 is 0 Å². The molecule has 29 heavy (non-hydrogen) atoms. The van der Waals surface area contributed by atoms with Gasteiger partial charge in [0.15, 0.2) is 0 Å². The van der Waals surface area contributed by atoms with Crippen molar-refractivity contribution in [3.05, 3.63) is 66.6 Å². The Morgan fingerprint density at radius 2 is 1.93 bits per heavy atom. The Morgan fingerprint density at radius 3 is 2.76 bits per heavy atom. The minimum absolute atomic E-state index is 0.190. The monoisotopic (exact) mass is 409 g/mol. The van der Waals surface area contributed by atoms with Crippen LogP contribution in [0.1, 0.15) is 10.4 Å². The van der Waals surface area contributed by atoms with Gasteiger partial charge in [-0.2, -0.15) is 5.10 Å². The Bertz CT molecular complexity index is 941. The van der Waals surface area contributed by atoms with Gasteiger partial charge in [-0.1, -0.05) is 30.0 Å². The minimum atomic E-state index is -0.190. The van der Waals surface area contributed by atoms with Gasteiger partial charge in [-0.3, -0.25) is 14.4 Å². The van der Waals surface area contributed by atoms with Crippen molar-refractivity contribution in [2.45, 2.75) is 16.5 Å². The molecule has 3 heterocycles. The van der Waals surface area contributed by atoms with Gasteiger partial charge >= 0.3 is 0 Å². The number of hydrogen-bond acceptors (Lipinski definition) is 6. The highest BCUT2D eigenvalue weighted by molar-refractivity contribution is 7.99. The van der Waals surface area contributed by atoms with Crippen LogP contribution in [0, 0.1) is 0 Å². The van der Waals surface area contributed by atoms with E-state index in [4.69, 9.17) is 4.74 Å². The molecule has 4 rings (SSSR count). The number of carbonyl (C=O) groups is 1. The number of nitrogens with one attached hydrogen (secondary N) is 1. The van der Waals surface area contributed by atoms with Crippen LogP contribution < -0.4 is 5.32 Å². The lowest BCUT2D eigenvalue weighted by Crippen LogP contribution is -2.38. The van der Waals surface area contributed by atoms with Crippen molar-refractivity contribution in [3.63, 3.8) is 0 Å². The number of hydrogen-bond donors (Lipinski definition) is 1. The predicted octanol–water partition coefficient (Wildman–Crippen LogP) is 3.01. The maximum Gasteiger partial charge on any atom is 0.258 e. The average molecular weight is 410 g/mol. The van der Waals surface area contributed by atoms with Gasteiger partial charge in [0.2, 0.25) is 0 Å². The highest BCUT2D eigenvalue weighted by Crippen LogP contribution is 2.28. The molecule has 1 fully saturated rings. The molecule has 0 aliphatic carbocycles. The molecule has 0 radical (unpaired) electrons. The molecule has 2 aromatic heterocycles. The van der Waals surface area contributed by atoms with Crippen LogP contribution in [0.5, 0.6) is 0 Å². The minimum Gasteiger partial charge on any atom is -0.379 e. The molecule has 8 heteroatoms. The fraction of sp³-hybridized carbons (Fsp3) is 0.286. The zero-order valence-corrected chi connectivity index (χ0v) is 16.8. The summed E-state index contributed by atoms with van der Waals surface area (Å²) in [4.78, 5) is 20.6. The van der Waals surface area contributed by atoms with Gasteiger partial charge in [0, 0.05) is 36.9 Å². The number of benzene rings is 1. The third kappa shape index (κ3) is 5.44. The quantitative estimate of drug-likeness (QED) is 0.647. The summed E-state index contributed by atoms with van der Waals surface area (Å²) in [5.41, 5.74) is 1.22. The van der Waals surface area contributed by atoms with Crippen molar-refractivity contribution >= 4 is 23.4 Å². The molecule has 7 nitrogen and oxygen atoms in total. The normalized spacial score (nSPS) is 14.6. The van der Waals surface area contributed by atoms with E-state index in [2.05, 4.69) is 20.3 Å². The van der Waals surface area contributed by atoms with Gasteiger partial charge in [-0.15, -0.1) is 0 Å². The number of anilines is 1. The maximum atomic E-state index is 12.8. The first kappa shape index (κ1) is 19.6. The van der Waals surface area contributed by atoms with Crippen LogP contribution in [0.4, 0.5) is 5.69 Å². The molecular formula is C21H23N5O2S. The van der Waals surface area contributed by atoms with E-state index in [9.17, 15) is 4.79 Å². The van der Waals surface area contributed by atoms with Gasteiger partial charge in [-0.25, -0.2) is 4.98 Å². The summed E-state index contributed by atoms with van der Waals surface area (Å²) < 4.78 is 7.23. The van der Waals surface area contributed by atoms with Crippen molar-refractivity contribution in [3.8, 4) is 0 Å². The lowest BCUT2D eigenvalue weighted by Gasteiger charge is -2.26. The lowest BCUT2D eigenvalue weighted by atomic mass is 10.2. The van der Waals surface area contributed by atoms with E-state index in [1.54, 1.807) is 24.5 Å². The number of amides is 1. The van der Waals surface area contributed by atoms with Crippen molar-refractivity contribution in [1.82, 2.24) is 19.7 Å². The Labute approximate surface area is 174 Å². The number of rotatable bonds is 7. The van der Waals surface area contributed by atoms with Crippen molar-refractivity contribution < 1.29 is 9.53 Å². The second-order valence-corrected chi connectivity index (χ2v) is 7.73. The zero-order chi connectivity index (χ0) is 19.9. The van der Waals surface area contributed by atoms with Crippen LogP contribution in [0.2, 0.25) is 0 Å². The number of morpholine rings is 1. The molecule has 0 spiro atoms. The SMILES string of the molecule is O=C(Nc1cnn(CCN2CCOCC2)c1)c1cccnc1Sc1ccccc1. The van der Waals surface area contributed by atoms with Crippen molar-refractivity contribution in [2.24, 2.45) is 0 Å². The summed E-state index contributed by atoms with van der Waals surface area (Å²) in [5.74, 6) is -0.190. The molecule has 0 saturated carbocycles. The van der Waals surface area contributed by atoms with E-state index in [0.717, 1.165) is 44.3 Å². The molecule has 1 aromatic carbocycles. The van der Waals surface area contributed by atoms with E-state index in [0.29, 0.717) is 16.3 Å². The fourth-order valence-electron chi connectivity index (χ4n) is 3.06. The largest absolute Gasteiger partial charge is 0.379 e. The maximum absolute atomic E-state index is 12.8. The van der Waals surface area contributed by atoms with Crippen LogP contribution in [-0.4, -0.2) is 58.4 Å². The first-order valence-electron chi connectivity index (χ1n) is 9.60. The summed E-state index contributed by atoms with van der Waals surface area (Å²) >= 11 is 1.47. The first-order chi connectivity index (χ1) is 14.3.